The molecule has 126 valence electrons. The van der Waals surface area contributed by atoms with E-state index in [0.717, 1.165) is 10.8 Å². The highest BCUT2D eigenvalue weighted by Crippen LogP contribution is 2.27. The van der Waals surface area contributed by atoms with Crippen LogP contribution in [0.15, 0.2) is 60.7 Å². The first-order valence-electron chi connectivity index (χ1n) is 7.51. The van der Waals surface area contributed by atoms with Gasteiger partial charge < -0.3 is 15.4 Å². The molecule has 0 heterocycles. The Morgan fingerprint density at radius 2 is 1.44 bits per heavy atom. The summed E-state index contributed by atoms with van der Waals surface area (Å²) in [7, 11) is 1.50. The van der Waals surface area contributed by atoms with Crippen LogP contribution in [0.5, 0.6) is 5.75 Å². The Morgan fingerprint density at radius 3 is 2.08 bits per heavy atom. The third kappa shape index (κ3) is 3.89. The number of hydrogen-bond donors (Lipinski definition) is 2. The zero-order chi connectivity index (χ0) is 17.8. The third-order valence-electron chi connectivity index (χ3n) is 3.62. The van der Waals surface area contributed by atoms with Crippen LogP contribution in [0.25, 0.3) is 10.8 Å². The number of methoxy groups -OCH3 is 1. The standard InChI is InChI=1S/C19H15ClN2O3/c1-25-17-9-8-15(11-16(17)20)22-19(24)18(23)21-14-7-6-12-4-2-3-5-13(12)10-14/h2-11H,1H3,(H,21,23)(H,22,24). The molecule has 0 radical (unpaired) electrons. The van der Waals surface area contributed by atoms with E-state index >= 15 is 0 Å². The van der Waals surface area contributed by atoms with Gasteiger partial charge in [0.05, 0.1) is 12.1 Å². The second-order valence-electron chi connectivity index (χ2n) is 5.32. The quantitative estimate of drug-likeness (QED) is 0.696. The molecule has 0 fully saturated rings. The van der Waals surface area contributed by atoms with Crippen molar-refractivity contribution in [3.8, 4) is 5.75 Å². The number of halogens is 1. The van der Waals surface area contributed by atoms with Crippen LogP contribution in [0.4, 0.5) is 11.4 Å². The normalized spacial score (nSPS) is 10.3. The van der Waals surface area contributed by atoms with Crippen molar-refractivity contribution in [2.75, 3.05) is 17.7 Å². The molecule has 0 aromatic heterocycles. The number of ether oxygens (including phenoxy) is 1. The topological polar surface area (TPSA) is 67.4 Å². The summed E-state index contributed by atoms with van der Waals surface area (Å²) in [5.41, 5.74) is 0.955. The average molecular weight is 355 g/mol. The fourth-order valence-electron chi connectivity index (χ4n) is 2.39. The van der Waals surface area contributed by atoms with Crippen LogP contribution < -0.4 is 15.4 Å². The molecule has 0 atom stereocenters. The Balaban J connectivity index is 1.69. The smallest absolute Gasteiger partial charge is 0.314 e. The number of amides is 2. The largest absolute Gasteiger partial charge is 0.495 e. The van der Waals surface area contributed by atoms with E-state index in [4.69, 9.17) is 16.3 Å². The Morgan fingerprint density at radius 1 is 0.840 bits per heavy atom. The molecule has 25 heavy (non-hydrogen) atoms. The first-order valence-corrected chi connectivity index (χ1v) is 7.89. The van der Waals surface area contributed by atoms with Crippen LogP contribution in [-0.4, -0.2) is 18.9 Å². The molecule has 2 amide bonds. The molecule has 0 spiro atoms. The molecular weight excluding hydrogens is 340 g/mol. The first-order chi connectivity index (χ1) is 12.1. The van der Waals surface area contributed by atoms with Crippen molar-refractivity contribution in [2.24, 2.45) is 0 Å². The van der Waals surface area contributed by atoms with Crippen molar-refractivity contribution in [1.29, 1.82) is 0 Å². The molecule has 0 aliphatic rings. The number of nitrogens with one attached hydrogen (secondary N) is 2. The van der Waals surface area contributed by atoms with E-state index in [2.05, 4.69) is 10.6 Å². The number of hydrogen-bond acceptors (Lipinski definition) is 3. The second kappa shape index (κ2) is 7.23. The number of carbonyl (C=O) groups excluding carboxylic acids is 2. The Kier molecular flexibility index (Phi) is 4.86. The third-order valence-corrected chi connectivity index (χ3v) is 3.92. The van der Waals surface area contributed by atoms with Crippen LogP contribution in [0.2, 0.25) is 5.02 Å². The summed E-state index contributed by atoms with van der Waals surface area (Å²) >= 11 is 6.00. The summed E-state index contributed by atoms with van der Waals surface area (Å²) in [4.78, 5) is 24.1. The maximum absolute atomic E-state index is 12.1. The van der Waals surface area contributed by atoms with Crippen LogP contribution >= 0.6 is 11.6 Å². The van der Waals surface area contributed by atoms with E-state index in [0.29, 0.717) is 22.1 Å². The molecule has 3 rings (SSSR count). The van der Waals surface area contributed by atoms with Gasteiger partial charge in [-0.25, -0.2) is 0 Å². The summed E-state index contributed by atoms with van der Waals surface area (Å²) in [6, 6.07) is 17.9. The highest BCUT2D eigenvalue weighted by Gasteiger charge is 2.15. The van der Waals surface area contributed by atoms with Crippen molar-refractivity contribution in [2.45, 2.75) is 0 Å². The zero-order valence-electron chi connectivity index (χ0n) is 13.4. The van der Waals surface area contributed by atoms with Crippen molar-refractivity contribution in [3.63, 3.8) is 0 Å². The lowest BCUT2D eigenvalue weighted by Crippen LogP contribution is -2.29. The van der Waals surface area contributed by atoms with Gasteiger partial charge in [-0.1, -0.05) is 41.9 Å². The van der Waals surface area contributed by atoms with E-state index in [9.17, 15) is 9.59 Å². The summed E-state index contributed by atoms with van der Waals surface area (Å²) in [6.45, 7) is 0. The van der Waals surface area contributed by atoms with Crippen LogP contribution in [-0.2, 0) is 9.59 Å². The van der Waals surface area contributed by atoms with Gasteiger partial charge in [-0.3, -0.25) is 9.59 Å². The molecule has 0 saturated carbocycles. The Bertz CT molecular complexity index is 956. The predicted octanol–water partition coefficient (Wildman–Crippen LogP) is 4.08. The summed E-state index contributed by atoms with van der Waals surface area (Å²) in [6.07, 6.45) is 0. The number of benzene rings is 3. The van der Waals surface area contributed by atoms with Gasteiger partial charge >= 0.3 is 11.8 Å². The molecule has 0 unspecified atom stereocenters. The molecular formula is C19H15ClN2O3. The lowest BCUT2D eigenvalue weighted by molar-refractivity contribution is -0.132. The lowest BCUT2D eigenvalue weighted by atomic mass is 10.1. The van der Waals surface area contributed by atoms with Gasteiger partial charge in [0.25, 0.3) is 0 Å². The number of fused-ring (bicyclic) bond motifs is 1. The fraction of sp³-hybridized carbons (Fsp3) is 0.0526. The molecule has 0 aliphatic carbocycles. The van der Waals surface area contributed by atoms with Crippen LogP contribution in [0.3, 0.4) is 0 Å². The van der Waals surface area contributed by atoms with Crippen molar-refractivity contribution < 1.29 is 14.3 Å². The van der Waals surface area contributed by atoms with E-state index in [-0.39, 0.29) is 0 Å². The zero-order valence-corrected chi connectivity index (χ0v) is 14.1. The minimum Gasteiger partial charge on any atom is -0.495 e. The van der Waals surface area contributed by atoms with Crippen LogP contribution in [0, 0.1) is 0 Å². The van der Waals surface area contributed by atoms with E-state index in [1.54, 1.807) is 18.2 Å². The van der Waals surface area contributed by atoms with Crippen molar-refractivity contribution >= 4 is 45.6 Å². The number of anilines is 2. The molecule has 0 saturated heterocycles. The van der Waals surface area contributed by atoms with Gasteiger partial charge in [-0.05, 0) is 41.1 Å². The molecule has 3 aromatic rings. The van der Waals surface area contributed by atoms with Gasteiger partial charge in [-0.15, -0.1) is 0 Å². The minimum absolute atomic E-state index is 0.343. The molecule has 3 aromatic carbocycles. The maximum Gasteiger partial charge on any atom is 0.314 e. The average Bonchev–Trinajstić information content (AvgIpc) is 2.61. The summed E-state index contributed by atoms with van der Waals surface area (Å²) in [5.74, 6) is -1.06. The molecule has 6 heteroatoms. The first kappa shape index (κ1) is 16.8. The molecule has 0 bridgehead atoms. The van der Waals surface area contributed by atoms with Crippen molar-refractivity contribution in [1.82, 2.24) is 0 Å². The van der Waals surface area contributed by atoms with Gasteiger partial charge in [-0.2, -0.15) is 0 Å². The predicted molar refractivity (Wildman–Crippen MR) is 99.2 cm³/mol. The monoisotopic (exact) mass is 354 g/mol. The maximum atomic E-state index is 12.1. The van der Waals surface area contributed by atoms with E-state index in [1.807, 2.05) is 36.4 Å². The molecule has 5 nitrogen and oxygen atoms in total. The van der Waals surface area contributed by atoms with E-state index in [1.165, 1.54) is 13.2 Å². The van der Waals surface area contributed by atoms with Gasteiger partial charge in [0, 0.05) is 11.4 Å². The van der Waals surface area contributed by atoms with E-state index < -0.39 is 11.8 Å². The highest BCUT2D eigenvalue weighted by molar-refractivity contribution is 6.43. The number of carbonyl (C=O) groups is 2. The Labute approximate surface area is 149 Å². The fourth-order valence-corrected chi connectivity index (χ4v) is 2.64. The summed E-state index contributed by atoms with van der Waals surface area (Å²) < 4.78 is 5.04. The highest BCUT2D eigenvalue weighted by atomic mass is 35.5. The van der Waals surface area contributed by atoms with Crippen LogP contribution in [0.1, 0.15) is 0 Å². The van der Waals surface area contributed by atoms with Crippen molar-refractivity contribution in [3.05, 3.63) is 65.7 Å². The Hall–Kier alpha value is -3.05. The second-order valence-corrected chi connectivity index (χ2v) is 5.73. The lowest BCUT2D eigenvalue weighted by Gasteiger charge is -2.09. The molecule has 2 N–H and O–H groups in total. The SMILES string of the molecule is COc1ccc(NC(=O)C(=O)Nc2ccc3ccccc3c2)cc1Cl. The number of rotatable bonds is 3. The van der Waals surface area contributed by atoms with Gasteiger partial charge in [0.2, 0.25) is 0 Å². The summed E-state index contributed by atoms with van der Waals surface area (Å²) in [5, 5.41) is 7.45. The molecule has 0 aliphatic heterocycles. The van der Waals surface area contributed by atoms with Gasteiger partial charge in [0.1, 0.15) is 5.75 Å². The van der Waals surface area contributed by atoms with Gasteiger partial charge in [0.15, 0.2) is 0 Å². The minimum atomic E-state index is -0.783.